The molecule has 1 aromatic heterocycles. The molecular formula is C22H24N4O3. The number of hydrogen-bond donors (Lipinski definition) is 2. The van der Waals surface area contributed by atoms with Crippen LogP contribution in [0.25, 0.3) is 0 Å². The standard InChI is InChI=1S/C22H24N4O3/c1-15(2)29-20-7-5-4-6-18(20)26-22(27)19-12-21(25-14-24-19)23-13-16-8-10-17(28-3)11-9-16/h4-12,14-15H,13H2,1-3H3,(H,26,27)(H,23,24,25). The van der Waals surface area contributed by atoms with Crippen LogP contribution >= 0.6 is 0 Å². The third-order valence-electron chi connectivity index (χ3n) is 4.03. The van der Waals surface area contributed by atoms with Crippen LogP contribution in [0, 0.1) is 0 Å². The summed E-state index contributed by atoms with van der Waals surface area (Å²) in [4.78, 5) is 20.9. The molecule has 29 heavy (non-hydrogen) atoms. The number of methoxy groups -OCH3 is 1. The van der Waals surface area contributed by atoms with Crippen molar-refractivity contribution >= 4 is 17.4 Å². The first-order valence-electron chi connectivity index (χ1n) is 9.31. The third kappa shape index (κ3) is 5.68. The normalized spacial score (nSPS) is 10.5. The van der Waals surface area contributed by atoms with E-state index >= 15 is 0 Å². The van der Waals surface area contributed by atoms with Gasteiger partial charge in [0.05, 0.1) is 18.9 Å². The van der Waals surface area contributed by atoms with E-state index in [2.05, 4.69) is 20.6 Å². The summed E-state index contributed by atoms with van der Waals surface area (Å²) < 4.78 is 10.9. The zero-order chi connectivity index (χ0) is 20.6. The van der Waals surface area contributed by atoms with Crippen LogP contribution in [-0.2, 0) is 6.54 Å². The largest absolute Gasteiger partial charge is 0.497 e. The first-order chi connectivity index (χ1) is 14.0. The van der Waals surface area contributed by atoms with Crippen molar-refractivity contribution in [1.29, 1.82) is 0 Å². The van der Waals surface area contributed by atoms with Gasteiger partial charge in [-0.25, -0.2) is 9.97 Å². The highest BCUT2D eigenvalue weighted by molar-refractivity contribution is 6.04. The second-order valence-corrected chi connectivity index (χ2v) is 6.61. The number of carbonyl (C=O) groups is 1. The van der Waals surface area contributed by atoms with Crippen LogP contribution in [0.2, 0.25) is 0 Å². The maximum atomic E-state index is 12.7. The Balaban J connectivity index is 1.66. The third-order valence-corrected chi connectivity index (χ3v) is 4.03. The van der Waals surface area contributed by atoms with Crippen LogP contribution in [-0.4, -0.2) is 29.1 Å². The van der Waals surface area contributed by atoms with Crippen molar-refractivity contribution in [3.05, 3.63) is 72.2 Å². The van der Waals surface area contributed by atoms with Gasteiger partial charge < -0.3 is 20.1 Å². The number of hydrogen-bond acceptors (Lipinski definition) is 6. The summed E-state index contributed by atoms with van der Waals surface area (Å²) in [6.45, 7) is 4.43. The monoisotopic (exact) mass is 392 g/mol. The van der Waals surface area contributed by atoms with Crippen molar-refractivity contribution in [3.63, 3.8) is 0 Å². The van der Waals surface area contributed by atoms with Gasteiger partial charge in [0, 0.05) is 12.6 Å². The minimum atomic E-state index is -0.334. The SMILES string of the molecule is COc1ccc(CNc2cc(C(=O)Nc3ccccc3OC(C)C)ncn2)cc1. The topological polar surface area (TPSA) is 85.4 Å². The molecular weight excluding hydrogens is 368 g/mol. The second-order valence-electron chi connectivity index (χ2n) is 6.61. The van der Waals surface area contributed by atoms with Crippen molar-refractivity contribution in [2.45, 2.75) is 26.5 Å². The predicted molar refractivity (Wildman–Crippen MR) is 113 cm³/mol. The number of anilines is 2. The van der Waals surface area contributed by atoms with Gasteiger partial charge >= 0.3 is 0 Å². The van der Waals surface area contributed by atoms with E-state index < -0.39 is 0 Å². The van der Waals surface area contributed by atoms with Crippen molar-refractivity contribution in [2.24, 2.45) is 0 Å². The van der Waals surface area contributed by atoms with Gasteiger partial charge in [0.1, 0.15) is 29.3 Å². The zero-order valence-corrected chi connectivity index (χ0v) is 16.7. The van der Waals surface area contributed by atoms with Crippen LogP contribution in [0.4, 0.5) is 11.5 Å². The number of amides is 1. The molecule has 0 saturated carbocycles. The molecule has 3 aromatic rings. The van der Waals surface area contributed by atoms with Crippen molar-refractivity contribution < 1.29 is 14.3 Å². The lowest BCUT2D eigenvalue weighted by atomic mass is 10.2. The fraction of sp³-hybridized carbons (Fsp3) is 0.227. The summed E-state index contributed by atoms with van der Waals surface area (Å²) in [6.07, 6.45) is 1.36. The minimum absolute atomic E-state index is 0.000796. The van der Waals surface area contributed by atoms with Gasteiger partial charge in [-0.1, -0.05) is 24.3 Å². The van der Waals surface area contributed by atoms with Crippen molar-refractivity contribution in [1.82, 2.24) is 9.97 Å². The molecule has 2 aromatic carbocycles. The highest BCUT2D eigenvalue weighted by atomic mass is 16.5. The van der Waals surface area contributed by atoms with Gasteiger partial charge in [0.25, 0.3) is 5.91 Å². The van der Waals surface area contributed by atoms with E-state index in [0.717, 1.165) is 11.3 Å². The Bertz CT molecular complexity index is 958. The van der Waals surface area contributed by atoms with Gasteiger partial charge in [-0.05, 0) is 43.7 Å². The first-order valence-corrected chi connectivity index (χ1v) is 9.31. The lowest BCUT2D eigenvalue weighted by Gasteiger charge is -2.14. The summed E-state index contributed by atoms with van der Waals surface area (Å²) in [5, 5.41) is 6.05. The van der Waals surface area contributed by atoms with E-state index in [1.807, 2.05) is 56.3 Å². The van der Waals surface area contributed by atoms with E-state index in [9.17, 15) is 4.79 Å². The zero-order valence-electron chi connectivity index (χ0n) is 16.7. The Morgan fingerprint density at radius 1 is 1.07 bits per heavy atom. The minimum Gasteiger partial charge on any atom is -0.497 e. The number of rotatable bonds is 8. The number of ether oxygens (including phenoxy) is 2. The van der Waals surface area contributed by atoms with E-state index in [4.69, 9.17) is 9.47 Å². The average molecular weight is 392 g/mol. The maximum absolute atomic E-state index is 12.7. The molecule has 3 rings (SSSR count). The molecule has 0 spiro atoms. The smallest absolute Gasteiger partial charge is 0.274 e. The second kappa shape index (κ2) is 9.54. The molecule has 0 saturated heterocycles. The maximum Gasteiger partial charge on any atom is 0.274 e. The Labute approximate surface area is 170 Å². The number of para-hydroxylation sites is 2. The van der Waals surface area contributed by atoms with Gasteiger partial charge in [-0.2, -0.15) is 0 Å². The van der Waals surface area contributed by atoms with Crippen LogP contribution < -0.4 is 20.1 Å². The molecule has 7 heteroatoms. The van der Waals surface area contributed by atoms with Gasteiger partial charge in [0.15, 0.2) is 0 Å². The molecule has 150 valence electrons. The number of nitrogens with one attached hydrogen (secondary N) is 2. The average Bonchev–Trinajstić information content (AvgIpc) is 2.74. The Kier molecular flexibility index (Phi) is 6.63. The molecule has 7 nitrogen and oxygen atoms in total. The fourth-order valence-electron chi connectivity index (χ4n) is 2.63. The molecule has 0 aliphatic rings. The molecule has 0 aliphatic heterocycles. The van der Waals surface area contributed by atoms with Crippen molar-refractivity contribution in [2.75, 3.05) is 17.7 Å². The van der Waals surface area contributed by atoms with E-state index in [1.165, 1.54) is 6.33 Å². The molecule has 0 radical (unpaired) electrons. The molecule has 0 atom stereocenters. The van der Waals surface area contributed by atoms with Gasteiger partial charge in [-0.3, -0.25) is 4.79 Å². The lowest BCUT2D eigenvalue weighted by Crippen LogP contribution is -2.16. The number of benzene rings is 2. The summed E-state index contributed by atoms with van der Waals surface area (Å²) in [6, 6.07) is 16.6. The van der Waals surface area contributed by atoms with E-state index in [1.54, 1.807) is 19.2 Å². The lowest BCUT2D eigenvalue weighted by molar-refractivity contribution is 0.102. The van der Waals surface area contributed by atoms with Crippen LogP contribution in [0.5, 0.6) is 11.5 Å². The molecule has 0 fully saturated rings. The summed E-state index contributed by atoms with van der Waals surface area (Å²) in [5.41, 5.74) is 1.92. The van der Waals surface area contributed by atoms with Crippen LogP contribution in [0.15, 0.2) is 60.9 Å². The molecule has 1 heterocycles. The van der Waals surface area contributed by atoms with Gasteiger partial charge in [0.2, 0.25) is 0 Å². The van der Waals surface area contributed by atoms with E-state index in [0.29, 0.717) is 23.8 Å². The molecule has 1 amide bonds. The predicted octanol–water partition coefficient (Wildman–Crippen LogP) is 4.14. The quantitative estimate of drug-likeness (QED) is 0.599. The number of carbonyl (C=O) groups excluding carboxylic acids is 1. The Morgan fingerprint density at radius 3 is 2.55 bits per heavy atom. The first kappa shape index (κ1) is 20.1. The van der Waals surface area contributed by atoms with Crippen molar-refractivity contribution in [3.8, 4) is 11.5 Å². The molecule has 0 aliphatic carbocycles. The molecule has 0 bridgehead atoms. The van der Waals surface area contributed by atoms with E-state index in [-0.39, 0.29) is 17.7 Å². The number of nitrogens with zero attached hydrogens (tertiary/aromatic N) is 2. The van der Waals surface area contributed by atoms with Crippen LogP contribution in [0.3, 0.4) is 0 Å². The molecule has 0 unspecified atom stereocenters. The molecule has 2 N–H and O–H groups in total. The Morgan fingerprint density at radius 2 is 1.83 bits per heavy atom. The Hall–Kier alpha value is -3.61. The summed E-state index contributed by atoms with van der Waals surface area (Å²) >= 11 is 0. The summed E-state index contributed by atoms with van der Waals surface area (Å²) in [5.74, 6) is 1.65. The highest BCUT2D eigenvalue weighted by Crippen LogP contribution is 2.25. The number of aromatic nitrogens is 2. The van der Waals surface area contributed by atoms with Gasteiger partial charge in [-0.15, -0.1) is 0 Å². The fourth-order valence-corrected chi connectivity index (χ4v) is 2.63. The summed E-state index contributed by atoms with van der Waals surface area (Å²) in [7, 11) is 1.63. The highest BCUT2D eigenvalue weighted by Gasteiger charge is 2.13. The van der Waals surface area contributed by atoms with Crippen LogP contribution in [0.1, 0.15) is 29.9 Å².